The van der Waals surface area contributed by atoms with Gasteiger partial charge in [0.15, 0.2) is 5.82 Å². The number of benzene rings is 1. The number of nitrogens with one attached hydrogen (secondary N) is 1. The molecule has 0 fully saturated rings. The average Bonchev–Trinajstić information content (AvgIpc) is 3.26. The molecule has 9 nitrogen and oxygen atoms in total. The van der Waals surface area contributed by atoms with Gasteiger partial charge in [-0.25, -0.2) is 14.5 Å². The second-order valence-electron chi connectivity index (χ2n) is 6.18. The first-order valence-electron chi connectivity index (χ1n) is 8.53. The van der Waals surface area contributed by atoms with Crippen molar-refractivity contribution in [1.29, 1.82) is 0 Å². The van der Waals surface area contributed by atoms with Crippen molar-refractivity contribution in [3.8, 4) is 11.5 Å². The van der Waals surface area contributed by atoms with E-state index in [0.29, 0.717) is 28.5 Å². The Balaban J connectivity index is 1.54. The Hall–Kier alpha value is -4.01. The van der Waals surface area contributed by atoms with Gasteiger partial charge in [-0.2, -0.15) is 14.9 Å². The van der Waals surface area contributed by atoms with Crippen LogP contribution < -0.4 is 11.0 Å². The first kappa shape index (κ1) is 17.4. The molecule has 1 aromatic carbocycles. The number of pyridine rings is 1. The lowest BCUT2D eigenvalue weighted by molar-refractivity contribution is 0.102. The van der Waals surface area contributed by atoms with Gasteiger partial charge >= 0.3 is 5.69 Å². The van der Waals surface area contributed by atoms with Crippen LogP contribution in [0.15, 0.2) is 66.0 Å². The molecule has 28 heavy (non-hydrogen) atoms. The SMILES string of the molecule is Cc1c(C(=O)Nc2ccc(-n3ncn(C)c3=O)cc2)cnn1-c1ccccn1. The molecule has 0 aliphatic heterocycles. The average molecular weight is 375 g/mol. The van der Waals surface area contributed by atoms with Gasteiger partial charge in [-0.1, -0.05) is 6.07 Å². The molecule has 0 saturated carbocycles. The third kappa shape index (κ3) is 3.09. The molecule has 0 saturated heterocycles. The number of hydrogen-bond donors (Lipinski definition) is 1. The molecule has 4 rings (SSSR count). The maximum Gasteiger partial charge on any atom is 0.350 e. The number of rotatable bonds is 4. The van der Waals surface area contributed by atoms with E-state index in [9.17, 15) is 9.59 Å². The smallest absolute Gasteiger partial charge is 0.322 e. The lowest BCUT2D eigenvalue weighted by Crippen LogP contribution is -2.21. The summed E-state index contributed by atoms with van der Waals surface area (Å²) in [6.45, 7) is 1.81. The number of aromatic nitrogens is 6. The summed E-state index contributed by atoms with van der Waals surface area (Å²) in [6.07, 6.45) is 4.63. The summed E-state index contributed by atoms with van der Waals surface area (Å²) >= 11 is 0. The molecule has 9 heteroatoms. The van der Waals surface area contributed by atoms with Crippen LogP contribution in [-0.4, -0.2) is 35.0 Å². The first-order chi connectivity index (χ1) is 13.5. The number of hydrogen-bond acceptors (Lipinski definition) is 5. The summed E-state index contributed by atoms with van der Waals surface area (Å²) in [5, 5.41) is 11.1. The lowest BCUT2D eigenvalue weighted by Gasteiger charge is -2.07. The molecule has 140 valence electrons. The molecule has 0 aliphatic rings. The van der Waals surface area contributed by atoms with Crippen molar-refractivity contribution in [2.24, 2.45) is 7.05 Å². The van der Waals surface area contributed by atoms with Crippen molar-refractivity contribution < 1.29 is 4.79 Å². The molecule has 0 atom stereocenters. The highest BCUT2D eigenvalue weighted by Crippen LogP contribution is 2.16. The van der Waals surface area contributed by atoms with E-state index < -0.39 is 0 Å². The number of nitrogens with zero attached hydrogens (tertiary/aromatic N) is 6. The fourth-order valence-electron chi connectivity index (χ4n) is 2.78. The molecule has 0 spiro atoms. The van der Waals surface area contributed by atoms with E-state index >= 15 is 0 Å². The molecule has 1 amide bonds. The largest absolute Gasteiger partial charge is 0.350 e. The molecule has 0 bridgehead atoms. The van der Waals surface area contributed by atoms with E-state index in [1.165, 1.54) is 21.8 Å². The molecule has 0 radical (unpaired) electrons. The maximum absolute atomic E-state index is 12.6. The van der Waals surface area contributed by atoms with Gasteiger partial charge in [0.05, 0.1) is 23.1 Å². The predicted molar refractivity (Wildman–Crippen MR) is 103 cm³/mol. The van der Waals surface area contributed by atoms with Crippen molar-refractivity contribution in [3.05, 3.63) is 82.9 Å². The number of carbonyl (C=O) groups is 1. The standard InChI is InChI=1S/C19H17N7O2/c1-13-16(11-21-25(13)17-5-3-4-10-20-17)18(27)23-14-6-8-15(9-7-14)26-19(28)24(2)12-22-26/h3-12H,1-2H3,(H,23,27). The van der Waals surface area contributed by atoms with Gasteiger partial charge < -0.3 is 5.32 Å². The van der Waals surface area contributed by atoms with Crippen LogP contribution in [0.25, 0.3) is 11.5 Å². The number of amides is 1. The molecular formula is C19H17N7O2. The van der Waals surface area contributed by atoms with Crippen LogP contribution in [0.1, 0.15) is 16.1 Å². The summed E-state index contributed by atoms with van der Waals surface area (Å²) < 4.78 is 4.29. The third-order valence-corrected chi connectivity index (χ3v) is 4.31. The highest BCUT2D eigenvalue weighted by Gasteiger charge is 2.16. The van der Waals surface area contributed by atoms with Gasteiger partial charge in [-0.3, -0.25) is 9.36 Å². The van der Waals surface area contributed by atoms with Gasteiger partial charge in [-0.05, 0) is 43.3 Å². The Labute approximate surface area is 159 Å². The van der Waals surface area contributed by atoms with Crippen LogP contribution >= 0.6 is 0 Å². The molecule has 3 heterocycles. The molecule has 3 aromatic heterocycles. The van der Waals surface area contributed by atoms with Crippen molar-refractivity contribution in [2.75, 3.05) is 5.32 Å². The van der Waals surface area contributed by atoms with E-state index in [-0.39, 0.29) is 11.6 Å². The van der Waals surface area contributed by atoms with Crippen LogP contribution in [-0.2, 0) is 7.05 Å². The zero-order chi connectivity index (χ0) is 19.7. The summed E-state index contributed by atoms with van der Waals surface area (Å²) in [5.41, 5.74) is 2.11. The fraction of sp³-hybridized carbons (Fsp3) is 0.105. The maximum atomic E-state index is 12.6. The van der Waals surface area contributed by atoms with Gasteiger partial charge in [-0.15, -0.1) is 0 Å². The zero-order valence-corrected chi connectivity index (χ0v) is 15.3. The highest BCUT2D eigenvalue weighted by atomic mass is 16.2. The number of anilines is 1. The zero-order valence-electron chi connectivity index (χ0n) is 15.3. The van der Waals surface area contributed by atoms with Crippen LogP contribution in [0.2, 0.25) is 0 Å². The number of aryl methyl sites for hydroxylation is 1. The second-order valence-corrected chi connectivity index (χ2v) is 6.18. The monoisotopic (exact) mass is 375 g/mol. The minimum Gasteiger partial charge on any atom is -0.322 e. The van der Waals surface area contributed by atoms with Crippen LogP contribution in [0.5, 0.6) is 0 Å². The first-order valence-corrected chi connectivity index (χ1v) is 8.53. The Morgan fingerprint density at radius 3 is 2.46 bits per heavy atom. The van der Waals surface area contributed by atoms with Gasteiger partial charge in [0, 0.05) is 18.9 Å². The molecular weight excluding hydrogens is 358 g/mol. The van der Waals surface area contributed by atoms with Crippen molar-refractivity contribution in [1.82, 2.24) is 29.1 Å². The minimum atomic E-state index is -0.276. The van der Waals surface area contributed by atoms with E-state index in [1.807, 2.05) is 25.1 Å². The Kier molecular flexibility index (Phi) is 4.32. The predicted octanol–water partition coefficient (Wildman–Crippen LogP) is 1.71. The summed E-state index contributed by atoms with van der Waals surface area (Å²) in [4.78, 5) is 28.8. The van der Waals surface area contributed by atoms with E-state index in [0.717, 1.165) is 0 Å². The quantitative estimate of drug-likeness (QED) is 0.585. The molecule has 1 N–H and O–H groups in total. The highest BCUT2D eigenvalue weighted by molar-refractivity contribution is 6.05. The normalized spacial score (nSPS) is 10.8. The van der Waals surface area contributed by atoms with E-state index in [4.69, 9.17) is 0 Å². The fourth-order valence-corrected chi connectivity index (χ4v) is 2.78. The second kappa shape index (κ2) is 6.95. The van der Waals surface area contributed by atoms with Crippen LogP contribution in [0.3, 0.4) is 0 Å². The van der Waals surface area contributed by atoms with Gasteiger partial charge in [0.1, 0.15) is 6.33 Å². The van der Waals surface area contributed by atoms with Gasteiger partial charge in [0.25, 0.3) is 5.91 Å². The van der Waals surface area contributed by atoms with Crippen molar-refractivity contribution >= 4 is 11.6 Å². The van der Waals surface area contributed by atoms with Crippen LogP contribution in [0.4, 0.5) is 5.69 Å². The van der Waals surface area contributed by atoms with Crippen LogP contribution in [0, 0.1) is 6.92 Å². The Bertz CT molecular complexity index is 1190. The Morgan fingerprint density at radius 2 is 1.82 bits per heavy atom. The molecule has 4 aromatic rings. The summed E-state index contributed by atoms with van der Waals surface area (Å²) in [5.74, 6) is 0.367. The number of carbonyl (C=O) groups excluding carboxylic acids is 1. The minimum absolute atomic E-state index is 0.241. The van der Waals surface area contributed by atoms with Crippen molar-refractivity contribution in [2.45, 2.75) is 6.92 Å². The summed E-state index contributed by atoms with van der Waals surface area (Å²) in [7, 11) is 1.63. The topological polar surface area (TPSA) is 99.6 Å². The van der Waals surface area contributed by atoms with E-state index in [2.05, 4.69) is 20.5 Å². The molecule has 0 unspecified atom stereocenters. The summed E-state index contributed by atoms with van der Waals surface area (Å²) in [6, 6.07) is 12.4. The Morgan fingerprint density at radius 1 is 1.04 bits per heavy atom. The van der Waals surface area contributed by atoms with Crippen molar-refractivity contribution in [3.63, 3.8) is 0 Å². The molecule has 0 aliphatic carbocycles. The lowest BCUT2D eigenvalue weighted by atomic mass is 10.2. The van der Waals surface area contributed by atoms with Gasteiger partial charge in [0.2, 0.25) is 0 Å². The van der Waals surface area contributed by atoms with E-state index in [1.54, 1.807) is 42.2 Å². The third-order valence-electron chi connectivity index (χ3n) is 4.31.